The van der Waals surface area contributed by atoms with E-state index in [0.717, 1.165) is 17.2 Å². The van der Waals surface area contributed by atoms with Crippen molar-refractivity contribution in [1.82, 2.24) is 0 Å². The average molecular weight is 803 g/mol. The summed E-state index contributed by atoms with van der Waals surface area (Å²) in [4.78, 5) is 13.4. The molecule has 0 unspecified atom stereocenters. The van der Waals surface area contributed by atoms with E-state index in [1.807, 2.05) is 44.2 Å². The summed E-state index contributed by atoms with van der Waals surface area (Å²) in [7, 11) is -1.77. The number of phenols is 1. The molecule has 0 radical (unpaired) electrons. The van der Waals surface area contributed by atoms with Gasteiger partial charge in [-0.15, -0.1) is 0 Å². The third-order valence-electron chi connectivity index (χ3n) is 12.3. The number of fused-ring (bicyclic) bond motifs is 1. The number of rotatable bonds is 18. The van der Waals surface area contributed by atoms with Crippen LogP contribution in [0.5, 0.6) is 11.5 Å². The van der Waals surface area contributed by atoms with Crippen LogP contribution in [0.15, 0.2) is 36.4 Å². The summed E-state index contributed by atoms with van der Waals surface area (Å²) >= 11 is 0. The van der Waals surface area contributed by atoms with E-state index in [1.54, 1.807) is 7.11 Å². The highest BCUT2D eigenvalue weighted by Crippen LogP contribution is 2.47. The molecule has 12 heteroatoms. The summed E-state index contributed by atoms with van der Waals surface area (Å²) in [5.74, 6) is -0.784. The van der Waals surface area contributed by atoms with Gasteiger partial charge in [0.15, 0.2) is 15.1 Å². The first-order valence-corrected chi connectivity index (χ1v) is 26.6. The van der Waals surface area contributed by atoms with Gasteiger partial charge in [0.25, 0.3) is 0 Å². The molecule has 55 heavy (non-hydrogen) atoms. The van der Waals surface area contributed by atoms with Crippen LogP contribution < -0.4 is 4.74 Å². The lowest BCUT2D eigenvalue weighted by Crippen LogP contribution is -2.59. The van der Waals surface area contributed by atoms with Crippen molar-refractivity contribution in [2.45, 2.75) is 155 Å². The number of phenolic OH excluding ortho intramolecular Hbond substituents is 1. The number of hydrogen-bond donors (Lipinski definition) is 2. The van der Waals surface area contributed by atoms with Crippen molar-refractivity contribution in [1.29, 1.82) is 0 Å². The maximum atomic E-state index is 13.4. The third-order valence-corrected chi connectivity index (χ3v) is 18.4. The largest absolute Gasteiger partial charge is 0.507 e. The number of carbonyl (C=O) groups is 1. The van der Waals surface area contributed by atoms with Gasteiger partial charge in [-0.3, -0.25) is 0 Å². The zero-order valence-electron chi connectivity index (χ0n) is 35.8. The van der Waals surface area contributed by atoms with E-state index in [1.165, 1.54) is 6.07 Å². The Hall–Kier alpha value is -2.30. The van der Waals surface area contributed by atoms with E-state index in [-0.39, 0.29) is 41.5 Å². The molecule has 2 N–H and O–H groups in total. The second kappa shape index (κ2) is 18.5. The Morgan fingerprint density at radius 3 is 2.33 bits per heavy atom. The highest BCUT2D eigenvalue weighted by atomic mass is 28.4. The van der Waals surface area contributed by atoms with Crippen LogP contribution in [-0.2, 0) is 41.1 Å². The van der Waals surface area contributed by atoms with Crippen LogP contribution in [0, 0.1) is 18.3 Å². The van der Waals surface area contributed by atoms with Crippen LogP contribution >= 0.6 is 0 Å². The summed E-state index contributed by atoms with van der Waals surface area (Å²) in [6.07, 6.45) is -1.50. The van der Waals surface area contributed by atoms with Gasteiger partial charge < -0.3 is 43.1 Å². The normalized spacial score (nSPS) is 23.4. The molecular formula is C43H70O10Si2. The fraction of sp³-hybridized carbons (Fsp3) is 0.698. The number of aliphatic hydroxyl groups is 1. The van der Waals surface area contributed by atoms with E-state index in [0.29, 0.717) is 50.4 Å². The first-order valence-electron chi connectivity index (χ1n) is 20.0. The zero-order valence-corrected chi connectivity index (χ0v) is 37.8. The van der Waals surface area contributed by atoms with E-state index in [2.05, 4.69) is 67.4 Å². The third kappa shape index (κ3) is 11.7. The van der Waals surface area contributed by atoms with Crippen molar-refractivity contribution in [3.05, 3.63) is 58.7 Å². The van der Waals surface area contributed by atoms with Gasteiger partial charge in [0, 0.05) is 58.5 Å². The maximum Gasteiger partial charge on any atom is 0.342 e. The second-order valence-corrected chi connectivity index (χ2v) is 29.4. The van der Waals surface area contributed by atoms with Crippen molar-refractivity contribution < 1.29 is 47.9 Å². The molecule has 0 bridgehead atoms. The van der Waals surface area contributed by atoms with Crippen LogP contribution in [0.2, 0.25) is 43.8 Å². The molecule has 2 aliphatic heterocycles. The number of methoxy groups -OCH3 is 1. The lowest BCUT2D eigenvalue weighted by atomic mass is 9.72. The Balaban J connectivity index is 1.51. The standard InChI is InChI=1S/C43H70O10Si2/c1-28-31-21-35(52-41(46)40(31)33(45)22-34(28)50-27-48-19-20-54(9,10)11)29(2)32(44)23-38-43(6,7)39(53-55(12,13)42(3,4)5)24-36(51-38)37(47-8)26-49-25-30-17-15-14-16-18-30/h14-18,22,29,32,35-39,44-45H,19-21,23-27H2,1-13H3/t29-,32+,35-,36+,37-,38-,39-/m1/s1. The van der Waals surface area contributed by atoms with E-state index >= 15 is 0 Å². The summed E-state index contributed by atoms with van der Waals surface area (Å²) in [5, 5.41) is 22.8. The number of carbonyl (C=O) groups excluding carboxylic acids is 1. The molecule has 2 aromatic carbocycles. The quantitative estimate of drug-likeness (QED) is 0.0656. The summed E-state index contributed by atoms with van der Waals surface area (Å²) < 4.78 is 43.8. The first-order chi connectivity index (χ1) is 25.6. The molecule has 4 rings (SSSR count). The fourth-order valence-corrected chi connectivity index (χ4v) is 9.30. The molecule has 7 atom stereocenters. The van der Waals surface area contributed by atoms with Gasteiger partial charge in [-0.05, 0) is 47.8 Å². The number of aromatic hydroxyl groups is 1. The van der Waals surface area contributed by atoms with Crippen molar-refractivity contribution in [3.63, 3.8) is 0 Å². The highest BCUT2D eigenvalue weighted by molar-refractivity contribution is 6.76. The molecule has 10 nitrogen and oxygen atoms in total. The predicted octanol–water partition coefficient (Wildman–Crippen LogP) is 8.67. The topological polar surface area (TPSA) is 122 Å². The van der Waals surface area contributed by atoms with Gasteiger partial charge in [0.2, 0.25) is 0 Å². The Kier molecular flexibility index (Phi) is 15.3. The van der Waals surface area contributed by atoms with Gasteiger partial charge in [-0.25, -0.2) is 4.79 Å². The van der Waals surface area contributed by atoms with Gasteiger partial charge >= 0.3 is 5.97 Å². The summed E-state index contributed by atoms with van der Waals surface area (Å²) in [6.45, 7) is 27.7. The molecular weight excluding hydrogens is 733 g/mol. The first kappa shape index (κ1) is 45.4. The van der Waals surface area contributed by atoms with E-state index in [9.17, 15) is 15.0 Å². The van der Waals surface area contributed by atoms with Crippen LogP contribution in [0.25, 0.3) is 0 Å². The number of aliphatic hydroxyl groups excluding tert-OH is 1. The Labute approximate surface area is 332 Å². The molecule has 1 saturated heterocycles. The van der Waals surface area contributed by atoms with Crippen molar-refractivity contribution in [2.75, 3.05) is 27.1 Å². The molecule has 1 fully saturated rings. The fourth-order valence-electron chi connectivity index (χ4n) is 7.07. The molecule has 0 aromatic heterocycles. The summed E-state index contributed by atoms with van der Waals surface area (Å²) in [6, 6.07) is 12.5. The van der Waals surface area contributed by atoms with Crippen LogP contribution in [0.4, 0.5) is 0 Å². The number of cyclic esters (lactones) is 1. The number of hydrogen-bond acceptors (Lipinski definition) is 10. The number of esters is 1. The molecule has 0 aliphatic carbocycles. The average Bonchev–Trinajstić information content (AvgIpc) is 3.09. The second-order valence-electron chi connectivity index (χ2n) is 19.0. The molecule has 2 aliphatic rings. The van der Waals surface area contributed by atoms with E-state index in [4.69, 9.17) is 32.8 Å². The van der Waals surface area contributed by atoms with E-state index < -0.39 is 52.0 Å². The molecule has 0 spiro atoms. The smallest absolute Gasteiger partial charge is 0.342 e. The Bertz CT molecular complexity index is 1550. The van der Waals surface area contributed by atoms with Crippen molar-refractivity contribution in [2.24, 2.45) is 11.3 Å². The maximum absolute atomic E-state index is 13.4. The minimum Gasteiger partial charge on any atom is -0.507 e. The van der Waals surface area contributed by atoms with Gasteiger partial charge in [-0.1, -0.05) is 91.5 Å². The van der Waals surface area contributed by atoms with Crippen LogP contribution in [-0.4, -0.2) is 96.3 Å². The predicted molar refractivity (Wildman–Crippen MR) is 221 cm³/mol. The van der Waals surface area contributed by atoms with Gasteiger partial charge in [-0.2, -0.15) is 0 Å². The molecule has 0 saturated carbocycles. The van der Waals surface area contributed by atoms with Crippen LogP contribution in [0.3, 0.4) is 0 Å². The minimum atomic E-state index is -2.20. The lowest BCUT2D eigenvalue weighted by Gasteiger charge is -2.53. The lowest BCUT2D eigenvalue weighted by molar-refractivity contribution is -0.215. The molecule has 2 heterocycles. The molecule has 2 aromatic rings. The number of ether oxygens (including phenoxy) is 6. The van der Waals surface area contributed by atoms with Gasteiger partial charge in [0.05, 0.1) is 37.6 Å². The molecule has 310 valence electrons. The van der Waals surface area contributed by atoms with Crippen LogP contribution in [0.1, 0.15) is 81.4 Å². The Morgan fingerprint density at radius 1 is 1.04 bits per heavy atom. The highest BCUT2D eigenvalue weighted by Gasteiger charge is 2.52. The van der Waals surface area contributed by atoms with Crippen molar-refractivity contribution >= 4 is 22.4 Å². The monoisotopic (exact) mass is 802 g/mol. The molecule has 0 amide bonds. The Morgan fingerprint density at radius 2 is 1.71 bits per heavy atom. The zero-order chi connectivity index (χ0) is 40.9. The number of benzene rings is 2. The van der Waals surface area contributed by atoms with Gasteiger partial charge in [0.1, 0.15) is 29.3 Å². The van der Waals surface area contributed by atoms with Crippen molar-refractivity contribution in [3.8, 4) is 11.5 Å². The summed E-state index contributed by atoms with van der Waals surface area (Å²) in [5.41, 5.74) is 2.17. The minimum absolute atomic E-state index is 0.000837. The SMILES string of the molecule is CO[C@H](COCc1ccccc1)[C@@H]1C[C@@H](O[Si](C)(C)C(C)(C)C)C(C)(C)[C@@H](C[C@H](O)[C@@H](C)[C@H]2Cc3c(C)c(OCOCC[Si](C)(C)C)cc(O)c3C(=O)O2)O1.